The van der Waals surface area contributed by atoms with Gasteiger partial charge >= 0.3 is 0 Å². The Hall–Kier alpha value is -2.40. The lowest BCUT2D eigenvalue weighted by molar-refractivity contribution is -0.0847. The third-order valence-corrected chi connectivity index (χ3v) is 8.40. The highest BCUT2D eigenvalue weighted by Gasteiger charge is 2.34. The maximum atomic E-state index is 14.9. The summed E-state index contributed by atoms with van der Waals surface area (Å²) in [4.78, 5) is 15.6. The predicted octanol–water partition coefficient (Wildman–Crippen LogP) is 4.63. The third-order valence-electron chi connectivity index (χ3n) is 8.03. The van der Waals surface area contributed by atoms with Crippen molar-refractivity contribution in [3.05, 3.63) is 45.8 Å². The van der Waals surface area contributed by atoms with Crippen LogP contribution in [-0.2, 0) is 14.2 Å². The molecule has 220 valence electrons. The lowest BCUT2D eigenvalue weighted by Gasteiger charge is -2.40. The first-order valence-corrected chi connectivity index (χ1v) is 14.8. The van der Waals surface area contributed by atoms with E-state index in [1.165, 1.54) is 10.9 Å². The summed E-state index contributed by atoms with van der Waals surface area (Å²) in [6, 6.07) is 8.43. The quantitative estimate of drug-likeness (QED) is 0.437. The van der Waals surface area contributed by atoms with Gasteiger partial charge in [-0.1, -0.05) is 11.6 Å². The highest BCUT2D eigenvalue weighted by atomic mass is 35.5. The fourth-order valence-corrected chi connectivity index (χ4v) is 6.08. The van der Waals surface area contributed by atoms with Crippen LogP contribution < -0.4 is 20.5 Å². The first-order valence-electron chi connectivity index (χ1n) is 14.4. The van der Waals surface area contributed by atoms with E-state index in [1.54, 1.807) is 0 Å². The average Bonchev–Trinajstić information content (AvgIpc) is 2.98. The Morgan fingerprint density at radius 1 is 1.18 bits per heavy atom. The van der Waals surface area contributed by atoms with E-state index < -0.39 is 5.67 Å². The van der Waals surface area contributed by atoms with Crippen LogP contribution in [-0.4, -0.2) is 80.3 Å². The van der Waals surface area contributed by atoms with E-state index >= 15 is 0 Å². The smallest absolute Gasteiger partial charge is 0.287 e. The van der Waals surface area contributed by atoms with Crippen LogP contribution in [0.5, 0.6) is 5.75 Å². The van der Waals surface area contributed by atoms with Gasteiger partial charge in [0.1, 0.15) is 10.8 Å². The summed E-state index contributed by atoms with van der Waals surface area (Å²) >= 11 is 6.45. The molecule has 0 amide bonds. The van der Waals surface area contributed by atoms with Gasteiger partial charge in [0.2, 0.25) is 0 Å². The van der Waals surface area contributed by atoms with Gasteiger partial charge < -0.3 is 29.2 Å². The summed E-state index contributed by atoms with van der Waals surface area (Å²) < 4.78 is 39.0. The topological polar surface area (TPSA) is 87.1 Å². The van der Waals surface area contributed by atoms with E-state index in [1.807, 2.05) is 19.1 Å². The molecule has 2 atom stereocenters. The lowest BCUT2D eigenvalue weighted by Crippen LogP contribution is -2.46. The minimum Gasteiger partial charge on any atom is -0.494 e. The second-order valence-electron chi connectivity index (χ2n) is 10.9. The number of halogens is 2. The summed E-state index contributed by atoms with van der Waals surface area (Å²) in [6.07, 6.45) is 6.00. The van der Waals surface area contributed by atoms with Crippen molar-refractivity contribution in [2.45, 2.75) is 69.3 Å². The second kappa shape index (κ2) is 13.5. The lowest BCUT2D eigenvalue weighted by atomic mass is 9.89. The fraction of sp³-hybridized carbons (Fsp3) is 0.655. The molecule has 2 saturated heterocycles. The van der Waals surface area contributed by atoms with Crippen molar-refractivity contribution in [2.75, 3.05) is 62.9 Å². The normalized spacial score (nSPS) is 27.2. The number of anilines is 2. The summed E-state index contributed by atoms with van der Waals surface area (Å²) in [6.45, 7) is 5.79. The van der Waals surface area contributed by atoms with Crippen LogP contribution in [0.3, 0.4) is 0 Å². The van der Waals surface area contributed by atoms with Gasteiger partial charge in [-0.2, -0.15) is 5.10 Å². The summed E-state index contributed by atoms with van der Waals surface area (Å²) in [7, 11) is 0. The van der Waals surface area contributed by atoms with E-state index in [2.05, 4.69) is 27.4 Å². The minimum absolute atomic E-state index is 0.00445. The zero-order valence-electron chi connectivity index (χ0n) is 23.2. The van der Waals surface area contributed by atoms with Crippen LogP contribution in [0.15, 0.2) is 35.3 Å². The number of ether oxygens (including phenoxy) is 4. The molecule has 0 radical (unpaired) electrons. The zero-order valence-corrected chi connectivity index (χ0v) is 23.9. The minimum atomic E-state index is -1.47. The number of rotatable bonds is 10. The van der Waals surface area contributed by atoms with Crippen LogP contribution in [0.4, 0.5) is 15.8 Å². The van der Waals surface area contributed by atoms with E-state index in [4.69, 9.17) is 30.5 Å². The Labute approximate surface area is 239 Å². The Kier molecular flexibility index (Phi) is 9.83. The highest BCUT2D eigenvalue weighted by Crippen LogP contribution is 2.34. The second-order valence-corrected chi connectivity index (χ2v) is 11.3. The largest absolute Gasteiger partial charge is 0.494 e. The number of benzene rings is 1. The maximum absolute atomic E-state index is 14.9. The third kappa shape index (κ3) is 7.08. The SMILES string of the molecule is CCOc1ccc(N(C[C@@H]2COCCO2)[C@H]2CC[C@@H](n3ncc(NC[C@]4(F)CCCOC4)c(Cl)c3=O)CC2)cc1. The molecule has 1 aromatic carbocycles. The van der Waals surface area contributed by atoms with Crippen molar-refractivity contribution in [1.29, 1.82) is 0 Å². The fourth-order valence-electron chi connectivity index (χ4n) is 5.88. The summed E-state index contributed by atoms with van der Waals surface area (Å²) in [5.74, 6) is 0.848. The maximum Gasteiger partial charge on any atom is 0.287 e. The van der Waals surface area contributed by atoms with Gasteiger partial charge in [-0.3, -0.25) is 4.79 Å². The van der Waals surface area contributed by atoms with Gasteiger partial charge in [0.25, 0.3) is 5.56 Å². The first-order chi connectivity index (χ1) is 19.5. The van der Waals surface area contributed by atoms with Gasteiger partial charge in [0.05, 0.1) is 63.6 Å². The van der Waals surface area contributed by atoms with Crippen molar-refractivity contribution in [3.8, 4) is 5.75 Å². The Morgan fingerprint density at radius 3 is 2.65 bits per heavy atom. The molecule has 0 spiro atoms. The van der Waals surface area contributed by atoms with Gasteiger partial charge in [-0.25, -0.2) is 9.07 Å². The number of hydrogen-bond donors (Lipinski definition) is 1. The van der Waals surface area contributed by atoms with Crippen molar-refractivity contribution in [3.63, 3.8) is 0 Å². The molecule has 3 aliphatic rings. The van der Waals surface area contributed by atoms with Crippen molar-refractivity contribution >= 4 is 23.0 Å². The number of nitrogens with one attached hydrogen (secondary N) is 1. The highest BCUT2D eigenvalue weighted by molar-refractivity contribution is 6.32. The predicted molar refractivity (Wildman–Crippen MR) is 153 cm³/mol. The first kappa shape index (κ1) is 29.1. The molecule has 2 aliphatic heterocycles. The molecule has 1 aromatic heterocycles. The Balaban J connectivity index is 1.24. The molecule has 1 N–H and O–H groups in total. The summed E-state index contributed by atoms with van der Waals surface area (Å²) in [5, 5.41) is 7.47. The standard InChI is InChI=1S/C29H40ClFN4O5/c1-2-39-24-10-8-22(9-11-24)34(17-25-18-37-14-15-40-25)21-4-6-23(7-5-21)35-28(36)27(30)26(16-33-35)32-19-29(31)12-3-13-38-20-29/h8-11,16,21,23,25,32H,2-7,12-15,17-20H2,1H3/t21-,23+,25-,29-/m1/s1. The van der Waals surface area contributed by atoms with Gasteiger partial charge in [-0.15, -0.1) is 0 Å². The van der Waals surface area contributed by atoms with Gasteiger partial charge in [0.15, 0.2) is 5.67 Å². The molecule has 9 nitrogen and oxygen atoms in total. The Morgan fingerprint density at radius 2 is 1.98 bits per heavy atom. The molecule has 1 aliphatic carbocycles. The molecule has 40 heavy (non-hydrogen) atoms. The molecular weight excluding hydrogens is 539 g/mol. The van der Waals surface area contributed by atoms with E-state index in [9.17, 15) is 9.18 Å². The number of aromatic nitrogens is 2. The molecule has 3 heterocycles. The van der Waals surface area contributed by atoms with Crippen LogP contribution >= 0.6 is 11.6 Å². The molecule has 0 bridgehead atoms. The van der Waals surface area contributed by atoms with Crippen molar-refractivity contribution in [2.24, 2.45) is 0 Å². The number of hydrogen-bond acceptors (Lipinski definition) is 8. The van der Waals surface area contributed by atoms with Crippen LogP contribution in [0, 0.1) is 0 Å². The number of nitrogens with zero attached hydrogens (tertiary/aromatic N) is 3. The van der Waals surface area contributed by atoms with Crippen LogP contribution in [0.2, 0.25) is 5.02 Å². The number of alkyl halides is 1. The zero-order chi connectivity index (χ0) is 28.0. The van der Waals surface area contributed by atoms with E-state index in [0.717, 1.165) is 43.7 Å². The molecule has 5 rings (SSSR count). The monoisotopic (exact) mass is 578 g/mol. The van der Waals surface area contributed by atoms with Crippen LogP contribution in [0.1, 0.15) is 51.5 Å². The molecule has 0 unspecified atom stereocenters. The molecule has 11 heteroatoms. The summed E-state index contributed by atoms with van der Waals surface area (Å²) in [5.41, 5.74) is -0.350. The van der Waals surface area contributed by atoms with Crippen molar-refractivity contribution in [1.82, 2.24) is 9.78 Å². The van der Waals surface area contributed by atoms with Gasteiger partial charge in [0, 0.05) is 24.9 Å². The molecule has 3 fully saturated rings. The average molecular weight is 579 g/mol. The van der Waals surface area contributed by atoms with E-state index in [-0.39, 0.29) is 41.9 Å². The van der Waals surface area contributed by atoms with Gasteiger partial charge in [-0.05, 0) is 69.7 Å². The van der Waals surface area contributed by atoms with Crippen molar-refractivity contribution < 1.29 is 23.3 Å². The van der Waals surface area contributed by atoms with E-state index in [0.29, 0.717) is 51.6 Å². The Bertz CT molecular complexity index is 1150. The molecular formula is C29H40ClFN4O5. The molecule has 2 aromatic rings. The van der Waals surface area contributed by atoms with Crippen LogP contribution in [0.25, 0.3) is 0 Å². The molecule has 1 saturated carbocycles.